The maximum atomic E-state index is 14.3. The molecule has 2 atom stereocenters. The van der Waals surface area contributed by atoms with Crippen molar-refractivity contribution in [2.75, 3.05) is 82.4 Å². The first-order valence-corrected chi connectivity index (χ1v) is 26.7. The summed E-state index contributed by atoms with van der Waals surface area (Å²) >= 11 is 5.22. The molecule has 0 amide bonds. The van der Waals surface area contributed by atoms with Crippen molar-refractivity contribution in [2.45, 2.75) is 84.7 Å². The molecule has 2 fully saturated rings. The maximum absolute atomic E-state index is 14.3. The van der Waals surface area contributed by atoms with Gasteiger partial charge in [0.25, 0.3) is 9.84 Å². The molecule has 16 heteroatoms. The van der Waals surface area contributed by atoms with Crippen LogP contribution in [0.4, 0.5) is 24.5 Å². The summed E-state index contributed by atoms with van der Waals surface area (Å²) in [4.78, 5) is 22.5. The van der Waals surface area contributed by atoms with Crippen molar-refractivity contribution in [1.82, 2.24) is 14.7 Å². The van der Waals surface area contributed by atoms with E-state index in [2.05, 4.69) is 65.0 Å². The third kappa shape index (κ3) is 12.8. The van der Waals surface area contributed by atoms with Crippen molar-refractivity contribution in [3.05, 3.63) is 119 Å². The second kappa shape index (κ2) is 21.8. The molecule has 2 heterocycles. The van der Waals surface area contributed by atoms with Gasteiger partial charge in [0.15, 0.2) is 4.90 Å². The lowest BCUT2D eigenvalue weighted by atomic mass is 9.73. The number of thioether (sulfide) groups is 1. The number of halogens is 4. The molecule has 1 aliphatic carbocycles. The number of carbonyl (C=O) groups is 1. The molecule has 4 aromatic rings. The Labute approximate surface area is 401 Å². The van der Waals surface area contributed by atoms with Crippen LogP contribution in [0.25, 0.3) is 5.57 Å². The quantitative estimate of drug-likeness (QED) is 0.0863. The Morgan fingerprint density at radius 2 is 1.59 bits per heavy atom. The summed E-state index contributed by atoms with van der Waals surface area (Å²) in [5.41, 5.74) is -0.547. The van der Waals surface area contributed by atoms with Crippen LogP contribution in [0.5, 0.6) is 0 Å². The number of benzene rings is 4. The van der Waals surface area contributed by atoms with Crippen LogP contribution >= 0.6 is 23.4 Å². The zero-order valence-corrected chi connectivity index (χ0v) is 41.4. The lowest BCUT2D eigenvalue weighted by Gasteiger charge is -2.39. The first-order chi connectivity index (χ1) is 31.4. The lowest BCUT2D eigenvalue weighted by molar-refractivity contribution is -0.0435. The van der Waals surface area contributed by atoms with Gasteiger partial charge >= 0.3 is 10.6 Å². The predicted octanol–water partition coefficient (Wildman–Crippen LogP) is 10.4. The van der Waals surface area contributed by atoms with Crippen molar-refractivity contribution < 1.29 is 30.9 Å². The fourth-order valence-electron chi connectivity index (χ4n) is 9.23. The summed E-state index contributed by atoms with van der Waals surface area (Å²) in [5.74, 6) is 0.449. The summed E-state index contributed by atoms with van der Waals surface area (Å²) in [5, 5.41) is 3.02. The van der Waals surface area contributed by atoms with E-state index in [9.17, 15) is 30.9 Å². The minimum Gasteiger partial charge on any atom is -0.604 e. The Kier molecular flexibility index (Phi) is 16.6. The Morgan fingerprint density at radius 1 is 0.924 bits per heavy atom. The Hall–Kier alpha value is -3.54. The zero-order chi connectivity index (χ0) is 47.2. The SMILES string of the molecule is CN(C)C1CCN(CC[C@H](CSc2ccccc2)Nc2ccc([S@+]([O-])C(=O)c3ccc(N4CCN(CC5=C(c6ccc(Cl)cc6)CCC(C)(C)C5)CC4)cc3)cc2S(=O)(=O)C(F)(F)F)CC1. The minimum atomic E-state index is -5.91. The van der Waals surface area contributed by atoms with Crippen LogP contribution < -0.4 is 10.2 Å². The van der Waals surface area contributed by atoms with Gasteiger partial charge in [-0.1, -0.05) is 61.4 Å². The average Bonchev–Trinajstić information content (AvgIpc) is 3.30. The number of piperidine rings is 1. The van der Waals surface area contributed by atoms with E-state index in [0.29, 0.717) is 24.8 Å². The van der Waals surface area contributed by atoms with Crippen LogP contribution in [-0.2, 0) is 21.0 Å². The number of nitrogens with zero attached hydrogens (tertiary/aromatic N) is 4. The second-order valence-corrected chi connectivity index (χ2v) is 23.5. The topological polar surface area (TPSA) is 99.3 Å². The molecular weight excluding hydrogens is 923 g/mol. The third-order valence-corrected chi connectivity index (χ3v) is 17.4. The molecule has 0 radical (unpaired) electrons. The van der Waals surface area contributed by atoms with Gasteiger partial charge in [0.05, 0.1) is 22.4 Å². The predicted molar refractivity (Wildman–Crippen MR) is 264 cm³/mol. The molecule has 9 nitrogen and oxygen atoms in total. The van der Waals surface area contributed by atoms with E-state index in [4.69, 9.17) is 11.6 Å². The molecule has 0 spiro atoms. The normalized spacial score (nSPS) is 19.0. The monoisotopic (exact) mass is 983 g/mol. The van der Waals surface area contributed by atoms with Gasteiger partial charge in [0.1, 0.15) is 4.90 Å². The standard InChI is InChI=1S/C50H61ClF3N5O4S3/c1-49(2)24-20-45(36-10-14-39(51)15-11-36)38(33-49)34-58-28-30-59(31-29-58)42-16-12-37(13-17-42)48(60)65(61)44-18-19-46(47(32-44)66(62,63)50(52,53)54)55-40(35-64-43-8-6-5-7-9-43)21-25-57-26-22-41(23-27-57)56(3)4/h5-19,32,40-41,55H,20-31,33-35H2,1-4H3/t40-,65+/m1/s1. The Balaban J connectivity index is 1.02. The number of alkyl halides is 3. The molecule has 7 rings (SSSR count). The molecule has 2 saturated heterocycles. The average molecular weight is 985 g/mol. The van der Waals surface area contributed by atoms with E-state index in [0.717, 1.165) is 99.6 Å². The molecule has 3 aliphatic rings. The largest absolute Gasteiger partial charge is 0.604 e. The number of likely N-dealkylation sites (tertiary alicyclic amines) is 1. The van der Waals surface area contributed by atoms with Crippen LogP contribution in [0.1, 0.15) is 68.3 Å². The van der Waals surface area contributed by atoms with Crippen molar-refractivity contribution in [3.63, 3.8) is 0 Å². The summed E-state index contributed by atoms with van der Waals surface area (Å²) in [6, 6.07) is 27.7. The summed E-state index contributed by atoms with van der Waals surface area (Å²) < 4.78 is 83.0. The van der Waals surface area contributed by atoms with Crippen LogP contribution in [0.15, 0.2) is 117 Å². The van der Waals surface area contributed by atoms with Crippen LogP contribution in [0.3, 0.4) is 0 Å². The number of hydrogen-bond donors (Lipinski definition) is 1. The van der Waals surface area contributed by atoms with Gasteiger partial charge in [0.2, 0.25) is 0 Å². The number of piperazine rings is 1. The summed E-state index contributed by atoms with van der Waals surface area (Å²) in [6.07, 6.45) is 5.74. The number of carbonyl (C=O) groups excluding carboxylic acids is 1. The number of allylic oxidation sites excluding steroid dienone is 1. The highest BCUT2D eigenvalue weighted by molar-refractivity contribution is 8.06. The van der Waals surface area contributed by atoms with Gasteiger partial charge in [-0.3, -0.25) is 4.90 Å². The molecule has 0 aromatic heterocycles. The van der Waals surface area contributed by atoms with E-state index in [1.165, 1.54) is 40.6 Å². The van der Waals surface area contributed by atoms with Gasteiger partial charge < -0.3 is 24.6 Å². The Morgan fingerprint density at radius 3 is 2.23 bits per heavy atom. The van der Waals surface area contributed by atoms with Crippen molar-refractivity contribution in [3.8, 4) is 0 Å². The molecule has 1 N–H and O–H groups in total. The smallest absolute Gasteiger partial charge is 0.501 e. The fourth-order valence-corrected chi connectivity index (χ4v) is 12.4. The highest BCUT2D eigenvalue weighted by Gasteiger charge is 2.49. The van der Waals surface area contributed by atoms with Crippen molar-refractivity contribution in [1.29, 1.82) is 0 Å². The van der Waals surface area contributed by atoms with Crippen LogP contribution in [0, 0.1) is 5.41 Å². The minimum absolute atomic E-state index is 0.104. The molecule has 2 aliphatic heterocycles. The first-order valence-electron chi connectivity index (χ1n) is 22.7. The lowest BCUT2D eigenvalue weighted by Crippen LogP contribution is -2.47. The second-order valence-electron chi connectivity index (χ2n) is 18.7. The van der Waals surface area contributed by atoms with Crippen molar-refractivity contribution >= 4 is 66.4 Å². The van der Waals surface area contributed by atoms with E-state index < -0.39 is 42.6 Å². The highest BCUT2D eigenvalue weighted by Crippen LogP contribution is 2.43. The number of nitrogens with one attached hydrogen (secondary N) is 1. The molecular formula is C50H61ClF3N5O4S3. The number of hydrogen-bond acceptors (Lipinski definition) is 10. The van der Waals surface area contributed by atoms with E-state index >= 15 is 0 Å². The van der Waals surface area contributed by atoms with E-state index in [1.54, 1.807) is 24.3 Å². The highest BCUT2D eigenvalue weighted by atomic mass is 35.5. The number of anilines is 2. The van der Waals surface area contributed by atoms with Gasteiger partial charge in [0, 0.05) is 78.8 Å². The molecule has 0 bridgehead atoms. The summed E-state index contributed by atoms with van der Waals surface area (Å²) in [7, 11) is -1.78. The Bertz CT molecular complexity index is 2410. The zero-order valence-electron chi connectivity index (χ0n) is 38.2. The van der Waals surface area contributed by atoms with Gasteiger partial charge in [-0.05, 0) is 143 Å². The van der Waals surface area contributed by atoms with Gasteiger partial charge in [-0.15, -0.1) is 11.8 Å². The van der Waals surface area contributed by atoms with Crippen molar-refractivity contribution in [2.24, 2.45) is 5.41 Å². The third-order valence-electron chi connectivity index (χ3n) is 13.2. The fraction of sp³-hybridized carbons (Fsp3) is 0.460. The van der Waals surface area contributed by atoms with Crippen LogP contribution in [0.2, 0.25) is 5.02 Å². The van der Waals surface area contributed by atoms with E-state index in [1.807, 2.05) is 42.5 Å². The molecule has 0 saturated carbocycles. The first kappa shape index (κ1) is 50.3. The summed E-state index contributed by atoms with van der Waals surface area (Å²) in [6.45, 7) is 11.2. The van der Waals surface area contributed by atoms with E-state index in [-0.39, 0.29) is 21.6 Å². The number of sulfone groups is 1. The molecule has 0 unspecified atom stereocenters. The van der Waals surface area contributed by atoms with Gasteiger partial charge in [-0.25, -0.2) is 13.2 Å². The molecule has 356 valence electrons. The van der Waals surface area contributed by atoms with Crippen LogP contribution in [-0.4, -0.2) is 123 Å². The van der Waals surface area contributed by atoms with Gasteiger partial charge in [-0.2, -0.15) is 13.2 Å². The molecule has 4 aromatic carbocycles. The number of rotatable bonds is 16. The maximum Gasteiger partial charge on any atom is 0.501 e. The molecule has 66 heavy (non-hydrogen) atoms.